The topological polar surface area (TPSA) is 248 Å². The molecule has 0 spiro atoms. The Hall–Kier alpha value is -3.88. The maximum atomic E-state index is 13.3. The van der Waals surface area contributed by atoms with E-state index in [1.54, 1.807) is 36.4 Å². The highest BCUT2D eigenvalue weighted by atomic mass is 32.2. The van der Waals surface area contributed by atoms with Crippen molar-refractivity contribution < 1.29 is 52.3 Å². The van der Waals surface area contributed by atoms with Crippen molar-refractivity contribution in [2.24, 2.45) is 11.5 Å². The summed E-state index contributed by atoms with van der Waals surface area (Å²) >= 11 is 0. The van der Waals surface area contributed by atoms with Crippen molar-refractivity contribution in [3.05, 3.63) is 96.1 Å². The average Bonchev–Trinajstić information content (AvgIpc) is 3.43. The molecule has 51 heavy (non-hydrogen) atoms. The molecule has 2 atom stereocenters. The van der Waals surface area contributed by atoms with Gasteiger partial charge in [0.25, 0.3) is 20.2 Å². The summed E-state index contributed by atoms with van der Waals surface area (Å²) in [5, 5.41) is -2.34. The first-order chi connectivity index (χ1) is 24.0. The van der Waals surface area contributed by atoms with E-state index in [9.17, 15) is 42.8 Å². The van der Waals surface area contributed by atoms with Crippen LogP contribution in [0.3, 0.4) is 0 Å². The summed E-state index contributed by atoms with van der Waals surface area (Å²) in [4.78, 5) is -1.37. The van der Waals surface area contributed by atoms with Crippen molar-refractivity contribution in [1.82, 2.24) is 0 Å². The Morgan fingerprint density at radius 2 is 0.922 bits per heavy atom. The van der Waals surface area contributed by atoms with Crippen molar-refractivity contribution in [2.75, 3.05) is 26.3 Å². The van der Waals surface area contributed by atoms with Crippen molar-refractivity contribution in [1.29, 1.82) is 0 Å². The Balaban J connectivity index is 1.49. The monoisotopic (exact) mass is 780 g/mol. The van der Waals surface area contributed by atoms with Gasteiger partial charge in [0.1, 0.15) is 45.0 Å². The minimum atomic E-state index is -4.97. The van der Waals surface area contributed by atoms with Crippen LogP contribution < -0.4 is 20.9 Å². The van der Waals surface area contributed by atoms with Gasteiger partial charge in [0, 0.05) is 0 Å². The lowest BCUT2D eigenvalue weighted by atomic mass is 10.1. The van der Waals surface area contributed by atoms with E-state index in [1.165, 1.54) is 36.4 Å². The average molecular weight is 781 g/mol. The van der Waals surface area contributed by atoms with Crippen LogP contribution in [0.25, 0.3) is 11.1 Å². The first kappa shape index (κ1) is 38.4. The minimum absolute atomic E-state index is 0.0175. The van der Waals surface area contributed by atoms with Crippen molar-refractivity contribution in [2.45, 2.75) is 49.3 Å². The molecule has 1 aliphatic carbocycles. The maximum absolute atomic E-state index is 13.3. The van der Waals surface area contributed by atoms with Gasteiger partial charge in [0.15, 0.2) is 19.7 Å². The van der Waals surface area contributed by atoms with Crippen LogP contribution in [-0.4, -0.2) is 79.6 Å². The largest absolute Gasteiger partial charge is 0.491 e. The molecule has 5 rings (SSSR count). The van der Waals surface area contributed by atoms with Gasteiger partial charge >= 0.3 is 0 Å². The molecule has 4 aromatic carbocycles. The van der Waals surface area contributed by atoms with Gasteiger partial charge in [-0.3, -0.25) is 9.11 Å². The minimum Gasteiger partial charge on any atom is -0.491 e. The third-order valence-electron chi connectivity index (χ3n) is 8.41. The van der Waals surface area contributed by atoms with Gasteiger partial charge in [0.2, 0.25) is 0 Å². The molecule has 1 aliphatic rings. The smallest absolute Gasteiger partial charge is 0.298 e. The van der Waals surface area contributed by atoms with E-state index in [0.29, 0.717) is 11.1 Å². The molecule has 0 saturated carbocycles. The molecule has 2 unspecified atom stereocenters. The molecule has 0 fully saturated rings. The predicted molar refractivity (Wildman–Crippen MR) is 187 cm³/mol. The Labute approximate surface area is 296 Å². The molecule has 274 valence electrons. The van der Waals surface area contributed by atoms with E-state index in [1.807, 2.05) is 0 Å². The summed E-state index contributed by atoms with van der Waals surface area (Å²) in [5.74, 6) is -0.701. The number of benzene rings is 4. The lowest BCUT2D eigenvalue weighted by Gasteiger charge is -2.20. The summed E-state index contributed by atoms with van der Waals surface area (Å²) in [5.41, 5.74) is 12.6. The lowest BCUT2D eigenvalue weighted by molar-refractivity contribution is 0.299. The lowest BCUT2D eigenvalue weighted by Crippen LogP contribution is -2.31. The SMILES string of the molecule is NCCC(COc1cc2c(cc1S(=O)(=O)O)-c1cc(S(=O)(=O)O)c(OCC(CCN)S(=O)(=O)c3ccccc3)cc1C2)S(=O)(=O)c1ccccc1. The zero-order valence-corrected chi connectivity index (χ0v) is 30.2. The van der Waals surface area contributed by atoms with Crippen LogP contribution in [0.15, 0.2) is 105 Å². The number of nitrogens with two attached hydrogens (primary N) is 2. The summed E-state index contributed by atoms with van der Waals surface area (Å²) in [6.45, 7) is -1.06. The molecular weight excluding hydrogens is 745 g/mol. The molecule has 0 saturated heterocycles. The molecule has 18 heteroatoms. The maximum Gasteiger partial charge on any atom is 0.298 e. The van der Waals surface area contributed by atoms with Crippen LogP contribution in [0.2, 0.25) is 0 Å². The van der Waals surface area contributed by atoms with Crippen molar-refractivity contribution >= 4 is 39.9 Å². The van der Waals surface area contributed by atoms with Gasteiger partial charge in [-0.2, -0.15) is 16.8 Å². The van der Waals surface area contributed by atoms with Crippen LogP contribution in [0.4, 0.5) is 0 Å². The Bertz CT molecular complexity index is 2190. The molecule has 0 heterocycles. The molecule has 0 amide bonds. The molecule has 4 aromatic rings. The third kappa shape index (κ3) is 8.28. The van der Waals surface area contributed by atoms with Crippen LogP contribution >= 0.6 is 0 Å². The second kappa shape index (κ2) is 15.0. The van der Waals surface area contributed by atoms with Gasteiger partial charge in [-0.1, -0.05) is 36.4 Å². The van der Waals surface area contributed by atoms with E-state index in [-0.39, 0.29) is 64.8 Å². The highest BCUT2D eigenvalue weighted by Gasteiger charge is 2.33. The predicted octanol–water partition coefficient (Wildman–Crippen LogP) is 2.89. The Morgan fingerprint density at radius 3 is 1.24 bits per heavy atom. The second-order valence-electron chi connectivity index (χ2n) is 11.8. The number of hydrogen-bond donors (Lipinski definition) is 4. The Morgan fingerprint density at radius 1 is 0.569 bits per heavy atom. The first-order valence-electron chi connectivity index (χ1n) is 15.5. The van der Waals surface area contributed by atoms with Gasteiger partial charge in [0.05, 0.1) is 9.79 Å². The second-order valence-corrected chi connectivity index (χ2v) is 19.0. The molecular formula is C33H36N2O12S4. The molecule has 0 aliphatic heterocycles. The number of ether oxygens (including phenoxy) is 2. The van der Waals surface area contributed by atoms with E-state index in [4.69, 9.17) is 20.9 Å². The van der Waals surface area contributed by atoms with Crippen molar-refractivity contribution in [3.8, 4) is 22.6 Å². The molecule has 0 bridgehead atoms. The third-order valence-corrected chi connectivity index (χ3v) is 14.5. The van der Waals surface area contributed by atoms with E-state index in [2.05, 4.69) is 0 Å². The fourth-order valence-electron chi connectivity index (χ4n) is 5.83. The van der Waals surface area contributed by atoms with Crippen LogP contribution in [0.5, 0.6) is 11.5 Å². The van der Waals surface area contributed by atoms with Gasteiger partial charge in [-0.25, -0.2) is 16.8 Å². The zero-order chi connectivity index (χ0) is 37.2. The summed E-state index contributed by atoms with van der Waals surface area (Å²) in [6.07, 6.45) is 0.0293. The Kier molecular flexibility index (Phi) is 11.3. The van der Waals surface area contributed by atoms with E-state index < -0.39 is 73.4 Å². The highest BCUT2D eigenvalue weighted by Crippen LogP contribution is 2.45. The van der Waals surface area contributed by atoms with Crippen molar-refractivity contribution in [3.63, 3.8) is 0 Å². The zero-order valence-electron chi connectivity index (χ0n) is 27.0. The molecule has 14 nitrogen and oxygen atoms in total. The highest BCUT2D eigenvalue weighted by molar-refractivity contribution is 7.92. The fourth-order valence-corrected chi connectivity index (χ4v) is 10.3. The standard InChI is InChI=1S/C33H36N2O12S4/c34-13-11-26(48(36,37)24-7-3-1-4-8-24)20-46-30-16-22-15-23-17-31(47-21-27(12-14-35)49(38,39)25-9-5-2-6-10-25)33(51(43,44)45)19-29(23)28(22)18-32(30)50(40,41)42/h1-10,16-19,26-27H,11-15,20-21,34-35H2,(H,40,41,42)(H,43,44,45). The quantitative estimate of drug-likeness (QED) is 0.105. The molecule has 0 aromatic heterocycles. The summed E-state index contributed by atoms with van der Waals surface area (Å²) in [6, 6.07) is 19.9. The molecule has 6 N–H and O–H groups in total. The van der Waals surface area contributed by atoms with E-state index >= 15 is 0 Å². The fraction of sp³-hybridized carbons (Fsp3) is 0.273. The van der Waals surface area contributed by atoms with Gasteiger partial charge in [-0.05, 0) is 103 Å². The number of hydrogen-bond acceptors (Lipinski definition) is 12. The van der Waals surface area contributed by atoms with E-state index in [0.717, 1.165) is 12.1 Å². The number of rotatable bonds is 16. The normalized spacial score (nSPS) is 14.4. The van der Waals surface area contributed by atoms with Crippen LogP contribution in [0.1, 0.15) is 24.0 Å². The first-order valence-corrected chi connectivity index (χ1v) is 21.5. The van der Waals surface area contributed by atoms with Gasteiger partial charge < -0.3 is 20.9 Å². The number of fused-ring (bicyclic) bond motifs is 3. The van der Waals surface area contributed by atoms with Crippen LogP contribution in [-0.2, 0) is 46.3 Å². The molecule has 0 radical (unpaired) electrons. The summed E-state index contributed by atoms with van der Waals surface area (Å²) < 4.78 is 135. The van der Waals surface area contributed by atoms with Gasteiger partial charge in [-0.15, -0.1) is 0 Å². The summed E-state index contributed by atoms with van der Waals surface area (Å²) in [7, 11) is -17.9. The number of sulfone groups is 2. The van der Waals surface area contributed by atoms with Crippen LogP contribution in [0, 0.1) is 0 Å².